The third-order valence-corrected chi connectivity index (χ3v) is 4.04. The number of carboxylic acid groups (broad SMARTS) is 3. The van der Waals surface area contributed by atoms with Gasteiger partial charge in [-0.15, -0.1) is 0 Å². The molecule has 0 aliphatic rings. The van der Waals surface area contributed by atoms with Crippen molar-refractivity contribution in [2.45, 2.75) is 25.8 Å². The monoisotopic (exact) mass is 373 g/mol. The first kappa shape index (κ1) is 18.1. The van der Waals surface area contributed by atoms with Crippen molar-refractivity contribution in [1.82, 2.24) is 4.57 Å². The van der Waals surface area contributed by atoms with Gasteiger partial charge >= 0.3 is 17.9 Å². The summed E-state index contributed by atoms with van der Waals surface area (Å²) in [6, 6.07) is 2.92. The van der Waals surface area contributed by atoms with Crippen molar-refractivity contribution in [1.29, 1.82) is 0 Å². The Morgan fingerprint density at radius 2 is 1.62 bits per heavy atom. The smallest absolute Gasteiger partial charge is 0.352 e. The van der Waals surface area contributed by atoms with E-state index in [0.29, 0.717) is 10.9 Å². The van der Waals surface area contributed by atoms with Crippen molar-refractivity contribution in [2.24, 2.45) is 0 Å². The maximum atomic E-state index is 11.7. The van der Waals surface area contributed by atoms with Crippen LogP contribution in [-0.4, -0.2) is 37.8 Å². The van der Waals surface area contributed by atoms with Crippen LogP contribution < -0.4 is 0 Å². The Kier molecular flexibility index (Phi) is 5.36. The fourth-order valence-electron chi connectivity index (χ4n) is 2.63. The van der Waals surface area contributed by atoms with Gasteiger partial charge in [-0.2, -0.15) is 0 Å². The van der Waals surface area contributed by atoms with E-state index >= 15 is 0 Å². The molecule has 0 saturated carbocycles. The lowest BCUT2D eigenvalue weighted by Gasteiger charge is -2.07. The fourth-order valence-corrected chi connectivity index (χ4v) is 3.23. The van der Waals surface area contributed by atoms with E-state index in [1.165, 1.54) is 16.7 Å². The molecule has 0 bridgehead atoms. The topological polar surface area (TPSA) is 117 Å². The average molecular weight is 374 g/mol. The zero-order valence-electron chi connectivity index (χ0n) is 12.3. The van der Waals surface area contributed by atoms with Crippen molar-refractivity contribution in [3.63, 3.8) is 0 Å². The molecule has 2 aromatic rings. The van der Waals surface area contributed by atoms with Crippen LogP contribution in [0.2, 0.25) is 10.0 Å². The lowest BCUT2D eigenvalue weighted by molar-refractivity contribution is -0.138. The van der Waals surface area contributed by atoms with E-state index in [1.54, 1.807) is 0 Å². The average Bonchev–Trinajstić information content (AvgIpc) is 2.76. The maximum absolute atomic E-state index is 11.7. The van der Waals surface area contributed by atoms with Crippen molar-refractivity contribution >= 4 is 52.0 Å². The van der Waals surface area contributed by atoms with Crippen LogP contribution in [0, 0.1) is 0 Å². The van der Waals surface area contributed by atoms with Crippen LogP contribution in [0.5, 0.6) is 0 Å². The SMILES string of the molecule is O=C(O)CCc1c(C(=O)O)n(CCC(=O)O)c2cc(Cl)cc(Cl)c12. The number of hydrogen-bond acceptors (Lipinski definition) is 3. The lowest BCUT2D eigenvalue weighted by atomic mass is 10.1. The summed E-state index contributed by atoms with van der Waals surface area (Å²) in [5.74, 6) is -3.46. The van der Waals surface area contributed by atoms with E-state index in [9.17, 15) is 19.5 Å². The second-order valence-corrected chi connectivity index (χ2v) is 5.95. The molecular weight excluding hydrogens is 361 g/mol. The Morgan fingerprint density at radius 3 is 2.17 bits per heavy atom. The molecule has 3 N–H and O–H groups in total. The van der Waals surface area contributed by atoms with E-state index in [2.05, 4.69) is 0 Å². The molecule has 1 aromatic heterocycles. The van der Waals surface area contributed by atoms with Crippen LogP contribution in [0.1, 0.15) is 28.9 Å². The largest absolute Gasteiger partial charge is 0.481 e. The molecule has 1 heterocycles. The first-order valence-corrected chi connectivity index (χ1v) is 7.65. The van der Waals surface area contributed by atoms with E-state index in [0.717, 1.165) is 0 Å². The minimum atomic E-state index is -1.29. The van der Waals surface area contributed by atoms with Crippen molar-refractivity contribution in [3.05, 3.63) is 33.4 Å². The lowest BCUT2D eigenvalue weighted by Crippen LogP contribution is -2.13. The Labute approximate surface area is 146 Å². The molecule has 1 aromatic carbocycles. The molecule has 0 spiro atoms. The number of aryl methyl sites for hydroxylation is 2. The Morgan fingerprint density at radius 1 is 1.00 bits per heavy atom. The molecular formula is C15H13Cl2NO6. The van der Waals surface area contributed by atoms with Gasteiger partial charge in [0, 0.05) is 23.4 Å². The van der Waals surface area contributed by atoms with Gasteiger partial charge in [-0.05, 0) is 24.1 Å². The summed E-state index contributed by atoms with van der Waals surface area (Å²) < 4.78 is 1.31. The number of aromatic nitrogens is 1. The molecule has 0 saturated heterocycles. The summed E-state index contributed by atoms with van der Waals surface area (Å²) in [5.41, 5.74) is 0.454. The molecule has 128 valence electrons. The third kappa shape index (κ3) is 3.63. The molecule has 2 rings (SSSR count). The summed E-state index contributed by atoms with van der Waals surface area (Å²) in [6.45, 7) is -0.1000. The van der Waals surface area contributed by atoms with Gasteiger partial charge in [0.05, 0.1) is 17.0 Å². The Hall–Kier alpha value is -2.25. The molecule has 0 aliphatic carbocycles. The number of rotatable bonds is 7. The van der Waals surface area contributed by atoms with Crippen LogP contribution >= 0.6 is 23.2 Å². The van der Waals surface area contributed by atoms with Gasteiger partial charge in [0.15, 0.2) is 0 Å². The molecule has 0 fully saturated rings. The van der Waals surface area contributed by atoms with Crippen LogP contribution in [0.4, 0.5) is 0 Å². The van der Waals surface area contributed by atoms with Gasteiger partial charge in [0.1, 0.15) is 5.69 Å². The molecule has 0 unspecified atom stereocenters. The normalized spacial score (nSPS) is 10.9. The molecule has 9 heteroatoms. The Balaban J connectivity index is 2.75. The predicted molar refractivity (Wildman–Crippen MR) is 87.1 cm³/mol. The highest BCUT2D eigenvalue weighted by Crippen LogP contribution is 2.36. The first-order chi connectivity index (χ1) is 11.2. The summed E-state index contributed by atoms with van der Waals surface area (Å²) in [4.78, 5) is 33.4. The van der Waals surface area contributed by atoms with Gasteiger partial charge in [0.25, 0.3) is 0 Å². The third-order valence-electron chi connectivity index (χ3n) is 3.52. The van der Waals surface area contributed by atoms with Gasteiger partial charge in [0.2, 0.25) is 0 Å². The second kappa shape index (κ2) is 7.11. The summed E-state index contributed by atoms with van der Waals surface area (Å²) in [7, 11) is 0. The van der Waals surface area contributed by atoms with E-state index in [-0.39, 0.29) is 47.1 Å². The number of aromatic carboxylic acids is 1. The number of halogens is 2. The zero-order valence-corrected chi connectivity index (χ0v) is 13.8. The Bertz CT molecular complexity index is 842. The number of fused-ring (bicyclic) bond motifs is 1. The van der Waals surface area contributed by atoms with E-state index < -0.39 is 17.9 Å². The molecule has 0 amide bonds. The van der Waals surface area contributed by atoms with Gasteiger partial charge in [-0.3, -0.25) is 9.59 Å². The summed E-state index contributed by atoms with van der Waals surface area (Å²) in [5, 5.41) is 28.1. The standard InChI is InChI=1S/C15H13Cl2NO6/c16-7-5-9(17)13-8(1-2-11(19)20)14(15(23)24)18(10(13)6-7)4-3-12(21)22/h5-6H,1-4H2,(H,19,20)(H,21,22)(H,23,24). The number of carboxylic acids is 3. The van der Waals surface area contributed by atoms with Crippen LogP contribution in [-0.2, 0) is 22.6 Å². The van der Waals surface area contributed by atoms with Crippen molar-refractivity contribution in [3.8, 4) is 0 Å². The molecule has 0 aliphatic heterocycles. The van der Waals surface area contributed by atoms with E-state index in [1.807, 2.05) is 0 Å². The van der Waals surface area contributed by atoms with Crippen LogP contribution in [0.15, 0.2) is 12.1 Å². The van der Waals surface area contributed by atoms with Gasteiger partial charge < -0.3 is 19.9 Å². The molecule has 0 radical (unpaired) electrons. The molecule has 24 heavy (non-hydrogen) atoms. The highest BCUT2D eigenvalue weighted by atomic mass is 35.5. The van der Waals surface area contributed by atoms with Crippen molar-refractivity contribution < 1.29 is 29.7 Å². The van der Waals surface area contributed by atoms with Gasteiger partial charge in [-0.1, -0.05) is 23.2 Å². The number of hydrogen-bond donors (Lipinski definition) is 3. The van der Waals surface area contributed by atoms with Gasteiger partial charge in [-0.25, -0.2) is 4.79 Å². The predicted octanol–water partition coefficient (Wildman–Crippen LogP) is 3.14. The fraction of sp³-hybridized carbons (Fsp3) is 0.267. The molecule has 7 nitrogen and oxygen atoms in total. The minimum Gasteiger partial charge on any atom is -0.481 e. The quantitative estimate of drug-likeness (QED) is 0.686. The summed E-state index contributed by atoms with van der Waals surface area (Å²) in [6.07, 6.45) is -0.626. The summed E-state index contributed by atoms with van der Waals surface area (Å²) >= 11 is 12.2. The molecule has 0 atom stereocenters. The zero-order chi connectivity index (χ0) is 18.0. The number of benzene rings is 1. The van der Waals surface area contributed by atoms with E-state index in [4.69, 9.17) is 33.4 Å². The van der Waals surface area contributed by atoms with Crippen LogP contribution in [0.25, 0.3) is 10.9 Å². The maximum Gasteiger partial charge on any atom is 0.352 e. The first-order valence-electron chi connectivity index (χ1n) is 6.89. The second-order valence-electron chi connectivity index (χ2n) is 5.10. The van der Waals surface area contributed by atoms with Crippen molar-refractivity contribution in [2.75, 3.05) is 0 Å². The van der Waals surface area contributed by atoms with Crippen LogP contribution in [0.3, 0.4) is 0 Å². The number of carbonyl (C=O) groups is 3. The number of aliphatic carboxylic acids is 2. The highest BCUT2D eigenvalue weighted by molar-refractivity contribution is 6.39. The highest BCUT2D eigenvalue weighted by Gasteiger charge is 2.25. The minimum absolute atomic E-state index is 0.0467. The number of nitrogens with zero attached hydrogens (tertiary/aromatic N) is 1.